The SMILES string of the molecule is COc1ccc(OC)c(C(=O)N2CCC(Cc3cccc(NC(=O)Nc4cc(C(C)(C)C)nn4-c4ccc(C)cc4)c3)CC2)c1. The third kappa shape index (κ3) is 7.66. The lowest BCUT2D eigenvalue weighted by Crippen LogP contribution is -2.39. The molecule has 0 aliphatic carbocycles. The first-order chi connectivity index (χ1) is 21.5. The van der Waals surface area contributed by atoms with Gasteiger partial charge in [-0.3, -0.25) is 10.1 Å². The van der Waals surface area contributed by atoms with Crippen LogP contribution in [0.15, 0.2) is 72.8 Å². The minimum absolute atomic E-state index is 0.0419. The van der Waals surface area contributed by atoms with Crippen LogP contribution in [0.3, 0.4) is 0 Å². The molecule has 0 unspecified atom stereocenters. The van der Waals surface area contributed by atoms with Crippen molar-refractivity contribution in [1.29, 1.82) is 0 Å². The Labute approximate surface area is 265 Å². The minimum Gasteiger partial charge on any atom is -0.497 e. The quantitative estimate of drug-likeness (QED) is 0.220. The number of methoxy groups -OCH3 is 2. The van der Waals surface area contributed by atoms with Gasteiger partial charge in [-0.15, -0.1) is 0 Å². The molecule has 0 atom stereocenters. The highest BCUT2D eigenvalue weighted by molar-refractivity contribution is 5.99. The molecule has 0 bridgehead atoms. The minimum atomic E-state index is -0.333. The maximum Gasteiger partial charge on any atom is 0.324 e. The number of urea groups is 1. The summed E-state index contributed by atoms with van der Waals surface area (Å²) < 4.78 is 12.5. The zero-order valence-electron chi connectivity index (χ0n) is 27.0. The second-order valence-electron chi connectivity index (χ2n) is 12.7. The molecular formula is C36H43N5O4. The van der Waals surface area contributed by atoms with Gasteiger partial charge in [0, 0.05) is 30.3 Å². The van der Waals surface area contributed by atoms with E-state index < -0.39 is 0 Å². The van der Waals surface area contributed by atoms with Crippen LogP contribution in [0.2, 0.25) is 0 Å². The maximum atomic E-state index is 13.3. The van der Waals surface area contributed by atoms with Gasteiger partial charge < -0.3 is 19.7 Å². The summed E-state index contributed by atoms with van der Waals surface area (Å²) in [5.41, 5.74) is 5.13. The van der Waals surface area contributed by atoms with Gasteiger partial charge in [0.25, 0.3) is 5.91 Å². The van der Waals surface area contributed by atoms with Crippen LogP contribution in [-0.4, -0.2) is 53.9 Å². The van der Waals surface area contributed by atoms with Crippen LogP contribution in [0.25, 0.3) is 5.69 Å². The van der Waals surface area contributed by atoms with Gasteiger partial charge in [-0.1, -0.05) is 50.6 Å². The predicted octanol–water partition coefficient (Wildman–Crippen LogP) is 7.23. The van der Waals surface area contributed by atoms with Crippen LogP contribution in [0.4, 0.5) is 16.3 Å². The zero-order chi connectivity index (χ0) is 32.1. The number of anilines is 2. The van der Waals surface area contributed by atoms with E-state index in [-0.39, 0.29) is 17.4 Å². The fourth-order valence-electron chi connectivity index (χ4n) is 5.60. The Kier molecular flexibility index (Phi) is 9.46. The monoisotopic (exact) mass is 609 g/mol. The Morgan fingerprint density at radius 1 is 0.911 bits per heavy atom. The topological polar surface area (TPSA) is 97.7 Å². The fraction of sp³-hybridized carbons (Fsp3) is 0.361. The van der Waals surface area contributed by atoms with Crippen molar-refractivity contribution >= 4 is 23.4 Å². The molecule has 0 saturated carbocycles. The number of hydrogen-bond acceptors (Lipinski definition) is 5. The standard InChI is InChI=1S/C36H43N5O4/c1-24-10-12-28(13-11-24)41-33(23-32(39-41)36(2,3)4)38-35(43)37-27-9-7-8-26(21-27)20-25-16-18-40(19-17-25)34(42)30-22-29(44-5)14-15-31(30)45-6/h7-15,21-23,25H,16-20H2,1-6H3,(H2,37,38,43). The average molecular weight is 610 g/mol. The number of piperidine rings is 1. The van der Waals surface area contributed by atoms with Gasteiger partial charge in [-0.05, 0) is 80.1 Å². The molecule has 0 spiro atoms. The smallest absolute Gasteiger partial charge is 0.324 e. The lowest BCUT2D eigenvalue weighted by atomic mass is 9.89. The van der Waals surface area contributed by atoms with E-state index >= 15 is 0 Å². The van der Waals surface area contributed by atoms with Crippen LogP contribution in [0.1, 0.15) is 60.8 Å². The van der Waals surface area contributed by atoms with Crippen molar-refractivity contribution in [3.63, 3.8) is 0 Å². The number of nitrogens with one attached hydrogen (secondary N) is 2. The van der Waals surface area contributed by atoms with E-state index in [1.165, 1.54) is 0 Å². The highest BCUT2D eigenvalue weighted by atomic mass is 16.5. The summed E-state index contributed by atoms with van der Waals surface area (Å²) in [5.74, 6) is 2.17. The number of aryl methyl sites for hydroxylation is 1. The van der Waals surface area contributed by atoms with E-state index in [2.05, 4.69) is 37.5 Å². The summed E-state index contributed by atoms with van der Waals surface area (Å²) in [6.07, 6.45) is 2.67. The Morgan fingerprint density at radius 3 is 2.31 bits per heavy atom. The number of likely N-dealkylation sites (tertiary alicyclic amines) is 1. The van der Waals surface area contributed by atoms with Gasteiger partial charge >= 0.3 is 6.03 Å². The lowest BCUT2D eigenvalue weighted by Gasteiger charge is -2.32. The van der Waals surface area contributed by atoms with Gasteiger partial charge in [0.2, 0.25) is 0 Å². The van der Waals surface area contributed by atoms with Gasteiger partial charge in [0.05, 0.1) is 31.2 Å². The third-order valence-electron chi connectivity index (χ3n) is 8.25. The second-order valence-corrected chi connectivity index (χ2v) is 12.7. The summed E-state index contributed by atoms with van der Waals surface area (Å²) in [7, 11) is 3.16. The van der Waals surface area contributed by atoms with E-state index in [4.69, 9.17) is 14.6 Å². The van der Waals surface area contributed by atoms with Crippen molar-refractivity contribution in [2.75, 3.05) is 37.9 Å². The molecule has 2 N–H and O–H groups in total. The molecule has 2 heterocycles. The zero-order valence-corrected chi connectivity index (χ0v) is 27.0. The molecule has 1 saturated heterocycles. The van der Waals surface area contributed by atoms with E-state index in [0.717, 1.165) is 47.5 Å². The largest absolute Gasteiger partial charge is 0.497 e. The number of nitrogens with zero attached hydrogens (tertiary/aromatic N) is 3. The first kappa shape index (κ1) is 31.6. The molecule has 5 rings (SSSR count). The molecule has 3 amide bonds. The molecule has 45 heavy (non-hydrogen) atoms. The Balaban J connectivity index is 1.20. The molecule has 1 aliphatic heterocycles. The summed E-state index contributed by atoms with van der Waals surface area (Å²) in [6.45, 7) is 9.70. The molecule has 9 nitrogen and oxygen atoms in total. The van der Waals surface area contributed by atoms with Gasteiger partial charge in [-0.25, -0.2) is 9.48 Å². The summed E-state index contributed by atoms with van der Waals surface area (Å²) in [5, 5.41) is 10.8. The number of rotatable bonds is 8. The molecule has 1 aliphatic rings. The molecule has 4 aromatic rings. The first-order valence-corrected chi connectivity index (χ1v) is 15.4. The van der Waals surface area contributed by atoms with Crippen molar-refractivity contribution in [1.82, 2.24) is 14.7 Å². The number of hydrogen-bond donors (Lipinski definition) is 2. The van der Waals surface area contributed by atoms with E-state index in [1.54, 1.807) is 37.1 Å². The van der Waals surface area contributed by atoms with Crippen molar-refractivity contribution in [3.05, 3.63) is 95.2 Å². The number of benzene rings is 3. The van der Waals surface area contributed by atoms with Crippen LogP contribution in [0.5, 0.6) is 11.5 Å². The maximum absolute atomic E-state index is 13.3. The van der Waals surface area contributed by atoms with Gasteiger partial charge in [-0.2, -0.15) is 5.10 Å². The number of ether oxygens (including phenoxy) is 2. The van der Waals surface area contributed by atoms with Crippen LogP contribution < -0.4 is 20.1 Å². The van der Waals surface area contributed by atoms with Crippen molar-refractivity contribution in [3.8, 4) is 17.2 Å². The van der Waals surface area contributed by atoms with Crippen molar-refractivity contribution < 1.29 is 19.1 Å². The molecular weight excluding hydrogens is 566 g/mol. The molecule has 236 valence electrons. The van der Waals surface area contributed by atoms with Crippen LogP contribution in [-0.2, 0) is 11.8 Å². The lowest BCUT2D eigenvalue weighted by molar-refractivity contribution is 0.0687. The highest BCUT2D eigenvalue weighted by Gasteiger charge is 2.26. The summed E-state index contributed by atoms with van der Waals surface area (Å²) >= 11 is 0. The van der Waals surface area contributed by atoms with Crippen molar-refractivity contribution in [2.45, 2.75) is 52.4 Å². The van der Waals surface area contributed by atoms with Crippen molar-refractivity contribution in [2.24, 2.45) is 5.92 Å². The molecule has 1 aromatic heterocycles. The van der Waals surface area contributed by atoms with Crippen LogP contribution >= 0.6 is 0 Å². The average Bonchev–Trinajstić information content (AvgIpc) is 3.45. The van der Waals surface area contributed by atoms with Crippen LogP contribution in [0, 0.1) is 12.8 Å². The van der Waals surface area contributed by atoms with Gasteiger partial charge in [0.1, 0.15) is 17.3 Å². The first-order valence-electron chi connectivity index (χ1n) is 15.4. The van der Waals surface area contributed by atoms with E-state index in [0.29, 0.717) is 41.9 Å². The molecule has 0 radical (unpaired) electrons. The van der Waals surface area contributed by atoms with E-state index in [1.807, 2.05) is 60.4 Å². The normalized spacial score (nSPS) is 13.8. The van der Waals surface area contributed by atoms with Gasteiger partial charge in [0.15, 0.2) is 0 Å². The Hall–Kier alpha value is -4.79. The predicted molar refractivity (Wildman–Crippen MR) is 178 cm³/mol. The Morgan fingerprint density at radius 2 is 1.64 bits per heavy atom. The fourth-order valence-corrected chi connectivity index (χ4v) is 5.60. The molecule has 9 heteroatoms. The second kappa shape index (κ2) is 13.5. The van der Waals surface area contributed by atoms with E-state index in [9.17, 15) is 9.59 Å². The third-order valence-corrected chi connectivity index (χ3v) is 8.25. The number of carbonyl (C=O) groups excluding carboxylic acids is 2. The number of carbonyl (C=O) groups is 2. The molecule has 1 fully saturated rings. The number of aromatic nitrogens is 2. The summed E-state index contributed by atoms with van der Waals surface area (Å²) in [4.78, 5) is 28.4. The molecule has 3 aromatic carbocycles. The highest BCUT2D eigenvalue weighted by Crippen LogP contribution is 2.30. The summed E-state index contributed by atoms with van der Waals surface area (Å²) in [6, 6.07) is 22.9. The Bertz CT molecular complexity index is 1650. The number of amides is 3.